The molecular formula is C11H13N3O2. The van der Waals surface area contributed by atoms with Crippen LogP contribution < -0.4 is 11.1 Å². The summed E-state index contributed by atoms with van der Waals surface area (Å²) in [5.41, 5.74) is 6.62. The van der Waals surface area contributed by atoms with Gasteiger partial charge in [0.05, 0.1) is 5.69 Å². The molecule has 84 valence electrons. The molecule has 0 aromatic heterocycles. The van der Waals surface area contributed by atoms with E-state index in [-0.39, 0.29) is 17.7 Å². The predicted octanol–water partition coefficient (Wildman–Crippen LogP) is 1.13. The van der Waals surface area contributed by atoms with Gasteiger partial charge in [-0.2, -0.15) is 0 Å². The van der Waals surface area contributed by atoms with Crippen LogP contribution in [0, 0.1) is 5.92 Å². The normalized spacial score (nSPS) is 15.9. The van der Waals surface area contributed by atoms with E-state index in [2.05, 4.69) is 10.5 Å². The van der Waals surface area contributed by atoms with Gasteiger partial charge < -0.3 is 16.3 Å². The number of hydrogen-bond acceptors (Lipinski definition) is 3. The molecule has 1 amide bonds. The lowest BCUT2D eigenvalue weighted by Crippen LogP contribution is -2.19. The molecule has 1 fully saturated rings. The van der Waals surface area contributed by atoms with Crippen molar-refractivity contribution in [3.63, 3.8) is 0 Å². The van der Waals surface area contributed by atoms with Crippen molar-refractivity contribution in [1.29, 1.82) is 0 Å². The maximum Gasteiger partial charge on any atom is 0.227 e. The highest BCUT2D eigenvalue weighted by Gasteiger charge is 2.30. The van der Waals surface area contributed by atoms with Gasteiger partial charge in [-0.05, 0) is 25.0 Å². The van der Waals surface area contributed by atoms with Crippen molar-refractivity contribution in [2.24, 2.45) is 16.8 Å². The Morgan fingerprint density at radius 2 is 2.12 bits per heavy atom. The van der Waals surface area contributed by atoms with Crippen LogP contribution in [0.15, 0.2) is 29.4 Å². The molecule has 1 saturated carbocycles. The van der Waals surface area contributed by atoms with Crippen LogP contribution in [0.1, 0.15) is 18.4 Å². The maximum atomic E-state index is 11.6. The molecular weight excluding hydrogens is 206 g/mol. The van der Waals surface area contributed by atoms with E-state index in [1.54, 1.807) is 24.3 Å². The Kier molecular flexibility index (Phi) is 2.76. The van der Waals surface area contributed by atoms with E-state index in [1.165, 1.54) is 0 Å². The summed E-state index contributed by atoms with van der Waals surface area (Å²) in [6, 6.07) is 6.97. The summed E-state index contributed by atoms with van der Waals surface area (Å²) in [6.45, 7) is 0. The number of carbonyl (C=O) groups excluding carboxylic acids is 1. The zero-order valence-electron chi connectivity index (χ0n) is 8.68. The standard InChI is InChI=1S/C11H13N3O2/c12-10(14-16)8-3-1-2-4-9(8)13-11(15)7-5-6-7/h1-4,7,16H,5-6H2,(H2,12,14)(H,13,15). The van der Waals surface area contributed by atoms with E-state index in [4.69, 9.17) is 10.9 Å². The molecule has 1 aromatic carbocycles. The molecule has 0 radical (unpaired) electrons. The molecule has 1 aliphatic rings. The van der Waals surface area contributed by atoms with Gasteiger partial charge in [-0.1, -0.05) is 17.3 Å². The Morgan fingerprint density at radius 1 is 1.44 bits per heavy atom. The van der Waals surface area contributed by atoms with Crippen LogP contribution in [-0.2, 0) is 4.79 Å². The SMILES string of the molecule is N/C(=N/O)c1ccccc1NC(=O)C1CC1. The van der Waals surface area contributed by atoms with Gasteiger partial charge in [0.2, 0.25) is 5.91 Å². The van der Waals surface area contributed by atoms with Crippen molar-refractivity contribution in [2.75, 3.05) is 5.32 Å². The molecule has 16 heavy (non-hydrogen) atoms. The van der Waals surface area contributed by atoms with Crippen LogP contribution in [0.4, 0.5) is 5.69 Å². The summed E-state index contributed by atoms with van der Waals surface area (Å²) in [4.78, 5) is 11.6. The maximum absolute atomic E-state index is 11.6. The van der Waals surface area contributed by atoms with Crippen LogP contribution in [-0.4, -0.2) is 17.0 Å². The van der Waals surface area contributed by atoms with Gasteiger partial charge in [0, 0.05) is 11.5 Å². The molecule has 4 N–H and O–H groups in total. The second-order valence-electron chi connectivity index (χ2n) is 3.79. The first-order valence-corrected chi connectivity index (χ1v) is 5.10. The Labute approximate surface area is 92.9 Å². The number of nitrogens with zero attached hydrogens (tertiary/aromatic N) is 1. The van der Waals surface area contributed by atoms with E-state index >= 15 is 0 Å². The van der Waals surface area contributed by atoms with Gasteiger partial charge in [0.25, 0.3) is 0 Å². The minimum absolute atomic E-state index is 0.00168. The Bertz CT molecular complexity index is 439. The van der Waals surface area contributed by atoms with Crippen LogP contribution in [0.2, 0.25) is 0 Å². The first-order chi connectivity index (χ1) is 7.72. The molecule has 0 unspecified atom stereocenters. The lowest BCUT2D eigenvalue weighted by atomic mass is 10.1. The number of hydrogen-bond donors (Lipinski definition) is 3. The fourth-order valence-corrected chi connectivity index (χ4v) is 1.45. The van der Waals surface area contributed by atoms with Crippen molar-refractivity contribution >= 4 is 17.4 Å². The highest BCUT2D eigenvalue weighted by Crippen LogP contribution is 2.30. The van der Waals surface area contributed by atoms with Gasteiger partial charge in [0.15, 0.2) is 5.84 Å². The molecule has 1 aliphatic carbocycles. The van der Waals surface area contributed by atoms with Gasteiger partial charge >= 0.3 is 0 Å². The van der Waals surface area contributed by atoms with Crippen LogP contribution in [0.5, 0.6) is 0 Å². The zero-order chi connectivity index (χ0) is 11.5. The van der Waals surface area contributed by atoms with E-state index in [9.17, 15) is 4.79 Å². The number of anilines is 1. The van der Waals surface area contributed by atoms with Gasteiger partial charge in [0.1, 0.15) is 0 Å². The molecule has 5 heteroatoms. The van der Waals surface area contributed by atoms with Crippen molar-refractivity contribution in [3.05, 3.63) is 29.8 Å². The average Bonchev–Trinajstić information content (AvgIpc) is 3.12. The smallest absolute Gasteiger partial charge is 0.227 e. The zero-order valence-corrected chi connectivity index (χ0v) is 8.68. The number of amidine groups is 1. The topological polar surface area (TPSA) is 87.7 Å². The lowest BCUT2D eigenvalue weighted by Gasteiger charge is -2.09. The van der Waals surface area contributed by atoms with Crippen LogP contribution in [0.25, 0.3) is 0 Å². The first kappa shape index (κ1) is 10.5. The number of oxime groups is 1. The Balaban J connectivity index is 2.22. The molecule has 0 spiro atoms. The average molecular weight is 219 g/mol. The minimum atomic E-state index is -0.00769. The number of nitrogens with two attached hydrogens (primary N) is 1. The predicted molar refractivity (Wildman–Crippen MR) is 60.3 cm³/mol. The summed E-state index contributed by atoms with van der Waals surface area (Å²) < 4.78 is 0. The van der Waals surface area contributed by atoms with E-state index in [0.717, 1.165) is 12.8 Å². The quantitative estimate of drug-likeness (QED) is 0.308. The third kappa shape index (κ3) is 2.13. The summed E-state index contributed by atoms with van der Waals surface area (Å²) in [5.74, 6) is 0.116. The number of amides is 1. The Morgan fingerprint density at radius 3 is 2.75 bits per heavy atom. The van der Waals surface area contributed by atoms with Gasteiger partial charge in [-0.25, -0.2) is 0 Å². The van der Waals surface area contributed by atoms with Gasteiger partial charge in [-0.3, -0.25) is 4.79 Å². The second-order valence-corrected chi connectivity index (χ2v) is 3.79. The largest absolute Gasteiger partial charge is 0.409 e. The third-order valence-corrected chi connectivity index (χ3v) is 2.52. The fourth-order valence-electron chi connectivity index (χ4n) is 1.45. The summed E-state index contributed by atoms with van der Waals surface area (Å²) in [6.07, 6.45) is 1.88. The summed E-state index contributed by atoms with van der Waals surface area (Å²) >= 11 is 0. The number of benzene rings is 1. The molecule has 0 aliphatic heterocycles. The van der Waals surface area contributed by atoms with Crippen molar-refractivity contribution in [2.45, 2.75) is 12.8 Å². The van der Waals surface area contributed by atoms with E-state index in [0.29, 0.717) is 11.3 Å². The highest BCUT2D eigenvalue weighted by molar-refractivity contribution is 6.06. The van der Waals surface area contributed by atoms with E-state index < -0.39 is 0 Å². The number of carbonyl (C=O) groups is 1. The Hall–Kier alpha value is -2.04. The summed E-state index contributed by atoms with van der Waals surface area (Å²) in [5, 5.41) is 14.3. The minimum Gasteiger partial charge on any atom is -0.409 e. The molecule has 1 aromatic rings. The van der Waals surface area contributed by atoms with Crippen molar-refractivity contribution in [3.8, 4) is 0 Å². The monoisotopic (exact) mass is 219 g/mol. The molecule has 5 nitrogen and oxygen atoms in total. The number of nitrogens with one attached hydrogen (secondary N) is 1. The molecule has 0 saturated heterocycles. The van der Waals surface area contributed by atoms with E-state index in [1.807, 2.05) is 0 Å². The first-order valence-electron chi connectivity index (χ1n) is 5.10. The number of rotatable bonds is 3. The second kappa shape index (κ2) is 4.22. The molecule has 2 rings (SSSR count). The van der Waals surface area contributed by atoms with Crippen LogP contribution >= 0.6 is 0 Å². The molecule has 0 heterocycles. The highest BCUT2D eigenvalue weighted by atomic mass is 16.4. The van der Waals surface area contributed by atoms with Crippen LogP contribution in [0.3, 0.4) is 0 Å². The van der Waals surface area contributed by atoms with Gasteiger partial charge in [-0.15, -0.1) is 0 Å². The fraction of sp³-hybridized carbons (Fsp3) is 0.273. The lowest BCUT2D eigenvalue weighted by molar-refractivity contribution is -0.117. The van der Waals surface area contributed by atoms with Crippen molar-refractivity contribution in [1.82, 2.24) is 0 Å². The molecule has 0 atom stereocenters. The molecule has 0 bridgehead atoms. The number of para-hydroxylation sites is 1. The van der Waals surface area contributed by atoms with Crippen molar-refractivity contribution < 1.29 is 10.0 Å². The third-order valence-electron chi connectivity index (χ3n) is 2.52. The summed E-state index contributed by atoms with van der Waals surface area (Å²) in [7, 11) is 0.